The van der Waals surface area contributed by atoms with Crippen molar-refractivity contribution >= 4 is 11.8 Å². The van der Waals surface area contributed by atoms with E-state index in [0.29, 0.717) is 18.0 Å². The molecule has 0 atom stereocenters. The predicted octanol–water partition coefficient (Wildman–Crippen LogP) is 1.53. The van der Waals surface area contributed by atoms with Crippen LogP contribution in [0, 0.1) is 0 Å². The average molecular weight is 210 g/mol. The van der Waals surface area contributed by atoms with E-state index < -0.39 is 6.09 Å². The van der Waals surface area contributed by atoms with Crippen LogP contribution in [0.1, 0.15) is 6.92 Å². The third-order valence-electron chi connectivity index (χ3n) is 1.82. The minimum absolute atomic E-state index is 0.294. The van der Waals surface area contributed by atoms with Crippen molar-refractivity contribution in [3.05, 3.63) is 24.3 Å². The largest absolute Gasteiger partial charge is 0.497 e. The highest BCUT2D eigenvalue weighted by Crippen LogP contribution is 2.17. The van der Waals surface area contributed by atoms with E-state index >= 15 is 0 Å². The fourth-order valence-electron chi connectivity index (χ4n) is 1.04. The molecule has 1 aromatic rings. The van der Waals surface area contributed by atoms with Crippen molar-refractivity contribution in [2.75, 3.05) is 18.7 Å². The number of hydrogen-bond acceptors (Lipinski definition) is 4. The molecule has 1 rings (SSSR count). The van der Waals surface area contributed by atoms with Gasteiger partial charge in [0, 0.05) is 0 Å². The zero-order valence-electron chi connectivity index (χ0n) is 8.77. The van der Waals surface area contributed by atoms with Crippen molar-refractivity contribution in [3.63, 3.8) is 0 Å². The van der Waals surface area contributed by atoms with E-state index in [2.05, 4.69) is 0 Å². The number of rotatable bonds is 3. The first-order chi connectivity index (χ1) is 7.19. The van der Waals surface area contributed by atoms with Crippen LogP contribution in [0.2, 0.25) is 0 Å². The maximum absolute atomic E-state index is 11.2. The van der Waals surface area contributed by atoms with Gasteiger partial charge in [0.1, 0.15) is 5.75 Å². The molecular formula is C10H14N2O3. The molecule has 0 aromatic heterocycles. The Morgan fingerprint density at radius 3 is 2.47 bits per heavy atom. The Hall–Kier alpha value is -1.75. The van der Waals surface area contributed by atoms with Gasteiger partial charge >= 0.3 is 6.09 Å². The number of benzene rings is 1. The van der Waals surface area contributed by atoms with E-state index in [1.54, 1.807) is 38.3 Å². The number of carbonyl (C=O) groups excluding carboxylic acids is 1. The monoisotopic (exact) mass is 210 g/mol. The van der Waals surface area contributed by atoms with Gasteiger partial charge in [0.2, 0.25) is 0 Å². The normalized spacial score (nSPS) is 9.53. The summed E-state index contributed by atoms with van der Waals surface area (Å²) >= 11 is 0. The van der Waals surface area contributed by atoms with Crippen LogP contribution < -0.4 is 15.6 Å². The van der Waals surface area contributed by atoms with E-state index in [9.17, 15) is 4.79 Å². The van der Waals surface area contributed by atoms with Gasteiger partial charge in [-0.1, -0.05) is 0 Å². The molecule has 82 valence electrons. The summed E-state index contributed by atoms with van der Waals surface area (Å²) in [6.07, 6.45) is -0.581. The second kappa shape index (κ2) is 5.21. The van der Waals surface area contributed by atoms with Gasteiger partial charge < -0.3 is 9.47 Å². The highest BCUT2D eigenvalue weighted by molar-refractivity contribution is 5.86. The summed E-state index contributed by atoms with van der Waals surface area (Å²) in [4.78, 5) is 11.2. The van der Waals surface area contributed by atoms with Crippen LogP contribution in [-0.4, -0.2) is 19.8 Å². The van der Waals surface area contributed by atoms with Gasteiger partial charge in [0.15, 0.2) is 0 Å². The molecule has 0 unspecified atom stereocenters. The number of carbonyl (C=O) groups is 1. The number of hydrazine groups is 1. The van der Waals surface area contributed by atoms with Gasteiger partial charge in [-0.25, -0.2) is 15.6 Å². The molecule has 1 aromatic carbocycles. The molecule has 0 fully saturated rings. The quantitative estimate of drug-likeness (QED) is 0.467. The standard InChI is InChI=1S/C10H14N2O3/c1-3-15-10(13)12(11)8-4-6-9(14-2)7-5-8/h4-7H,3,11H2,1-2H3. The second-order valence-corrected chi connectivity index (χ2v) is 2.77. The highest BCUT2D eigenvalue weighted by Gasteiger charge is 2.11. The minimum atomic E-state index is -0.581. The maximum Gasteiger partial charge on any atom is 0.428 e. The number of ether oxygens (including phenoxy) is 2. The summed E-state index contributed by atoms with van der Waals surface area (Å²) in [5.41, 5.74) is 0.550. The molecule has 0 aliphatic carbocycles. The predicted molar refractivity (Wildman–Crippen MR) is 56.7 cm³/mol. The average Bonchev–Trinajstić information content (AvgIpc) is 2.28. The number of anilines is 1. The Bertz CT molecular complexity index is 324. The second-order valence-electron chi connectivity index (χ2n) is 2.77. The maximum atomic E-state index is 11.2. The molecule has 0 bridgehead atoms. The lowest BCUT2D eigenvalue weighted by Crippen LogP contribution is -2.37. The summed E-state index contributed by atoms with van der Waals surface area (Å²) in [6, 6.07) is 6.79. The number of methoxy groups -OCH3 is 1. The van der Waals surface area contributed by atoms with Crippen molar-refractivity contribution in [2.45, 2.75) is 6.92 Å². The lowest BCUT2D eigenvalue weighted by Gasteiger charge is -2.15. The lowest BCUT2D eigenvalue weighted by molar-refractivity contribution is 0.160. The van der Waals surface area contributed by atoms with Gasteiger partial charge in [-0.3, -0.25) is 0 Å². The van der Waals surface area contributed by atoms with Crippen LogP contribution in [0.25, 0.3) is 0 Å². The molecule has 0 aliphatic heterocycles. The first-order valence-electron chi connectivity index (χ1n) is 4.54. The third-order valence-corrected chi connectivity index (χ3v) is 1.82. The van der Waals surface area contributed by atoms with Gasteiger partial charge in [-0.2, -0.15) is 0 Å². The van der Waals surface area contributed by atoms with Crippen LogP contribution in [0.3, 0.4) is 0 Å². The molecule has 0 heterocycles. The molecule has 5 heteroatoms. The number of amides is 1. The molecule has 1 amide bonds. The van der Waals surface area contributed by atoms with Crippen LogP contribution >= 0.6 is 0 Å². The Balaban J connectivity index is 2.73. The molecule has 5 nitrogen and oxygen atoms in total. The first kappa shape index (κ1) is 11.3. The molecule has 0 saturated heterocycles. The molecule has 0 spiro atoms. The van der Waals surface area contributed by atoms with Gasteiger partial charge in [-0.15, -0.1) is 0 Å². The van der Waals surface area contributed by atoms with Crippen LogP contribution in [0.4, 0.5) is 10.5 Å². The number of hydrogen-bond donors (Lipinski definition) is 1. The molecule has 0 saturated carbocycles. The van der Waals surface area contributed by atoms with Gasteiger partial charge in [0.05, 0.1) is 19.4 Å². The van der Waals surface area contributed by atoms with Crippen molar-refractivity contribution < 1.29 is 14.3 Å². The number of nitrogens with two attached hydrogens (primary N) is 1. The topological polar surface area (TPSA) is 64.8 Å². The van der Waals surface area contributed by atoms with Crippen molar-refractivity contribution in [3.8, 4) is 5.75 Å². The zero-order chi connectivity index (χ0) is 11.3. The Labute approximate surface area is 88.3 Å². The Morgan fingerprint density at radius 1 is 1.40 bits per heavy atom. The van der Waals surface area contributed by atoms with Crippen LogP contribution in [0.5, 0.6) is 5.75 Å². The summed E-state index contributed by atoms with van der Waals surface area (Å²) < 4.78 is 9.73. The van der Waals surface area contributed by atoms with Crippen molar-refractivity contribution in [2.24, 2.45) is 5.84 Å². The molecule has 0 radical (unpaired) electrons. The van der Waals surface area contributed by atoms with Gasteiger partial charge in [0.25, 0.3) is 0 Å². The van der Waals surface area contributed by atoms with Gasteiger partial charge in [-0.05, 0) is 31.2 Å². The fourth-order valence-corrected chi connectivity index (χ4v) is 1.04. The summed E-state index contributed by atoms with van der Waals surface area (Å²) in [5.74, 6) is 6.24. The van der Waals surface area contributed by atoms with Crippen LogP contribution in [-0.2, 0) is 4.74 Å². The zero-order valence-corrected chi connectivity index (χ0v) is 8.77. The highest BCUT2D eigenvalue weighted by atomic mass is 16.6. The Morgan fingerprint density at radius 2 is 2.00 bits per heavy atom. The minimum Gasteiger partial charge on any atom is -0.497 e. The van der Waals surface area contributed by atoms with Crippen molar-refractivity contribution in [1.82, 2.24) is 0 Å². The molecular weight excluding hydrogens is 196 g/mol. The summed E-state index contributed by atoms with van der Waals surface area (Å²) in [6.45, 7) is 2.02. The summed E-state index contributed by atoms with van der Waals surface area (Å²) in [5, 5.41) is 0.947. The SMILES string of the molecule is CCOC(=O)N(N)c1ccc(OC)cc1. The van der Waals surface area contributed by atoms with Crippen molar-refractivity contribution in [1.29, 1.82) is 0 Å². The smallest absolute Gasteiger partial charge is 0.428 e. The molecule has 2 N–H and O–H groups in total. The first-order valence-corrected chi connectivity index (χ1v) is 4.54. The van der Waals surface area contributed by atoms with E-state index in [-0.39, 0.29) is 0 Å². The Kier molecular flexibility index (Phi) is 3.93. The number of nitrogens with zero attached hydrogens (tertiary/aromatic N) is 1. The third kappa shape index (κ3) is 2.85. The fraction of sp³-hybridized carbons (Fsp3) is 0.300. The summed E-state index contributed by atoms with van der Waals surface area (Å²) in [7, 11) is 1.57. The van der Waals surface area contributed by atoms with E-state index in [1.165, 1.54) is 0 Å². The lowest BCUT2D eigenvalue weighted by atomic mass is 10.3. The van der Waals surface area contributed by atoms with E-state index in [4.69, 9.17) is 15.3 Å². The molecule has 0 aliphatic rings. The van der Waals surface area contributed by atoms with E-state index in [0.717, 1.165) is 5.01 Å². The van der Waals surface area contributed by atoms with E-state index in [1.807, 2.05) is 0 Å². The van der Waals surface area contributed by atoms with Crippen LogP contribution in [0.15, 0.2) is 24.3 Å². The molecule has 15 heavy (non-hydrogen) atoms.